The van der Waals surface area contributed by atoms with Gasteiger partial charge in [0.05, 0.1) is 18.8 Å². The summed E-state index contributed by atoms with van der Waals surface area (Å²) in [6.07, 6.45) is 0.701. The second-order valence-electron chi connectivity index (χ2n) is 11.7. The number of aliphatic hydroxyl groups excluding tert-OH is 1. The molecule has 0 bridgehead atoms. The SMILES string of the molecule is CC(=O)NCc1ccc([C@@H]2O[C@H](CN3CCC[C@H]3C(=O)OC(C)(C)C)[C@H](C)[C@H](c3ccc(CO)cc3)O2)cc1. The number of carbonyl (C=O) groups is 2. The van der Waals surface area contributed by atoms with Crippen LogP contribution in [-0.2, 0) is 37.0 Å². The van der Waals surface area contributed by atoms with Gasteiger partial charge in [0.1, 0.15) is 11.6 Å². The molecule has 0 saturated carbocycles. The highest BCUT2D eigenvalue weighted by molar-refractivity contribution is 5.76. The lowest BCUT2D eigenvalue weighted by Crippen LogP contribution is -2.48. The highest BCUT2D eigenvalue weighted by atomic mass is 16.7. The molecule has 0 spiro atoms. The van der Waals surface area contributed by atoms with E-state index in [9.17, 15) is 14.7 Å². The number of aliphatic hydroxyl groups is 1. The monoisotopic (exact) mass is 538 g/mol. The van der Waals surface area contributed by atoms with Gasteiger partial charge < -0.3 is 24.6 Å². The molecule has 2 saturated heterocycles. The third-order valence-corrected chi connectivity index (χ3v) is 7.37. The lowest BCUT2D eigenvalue weighted by Gasteiger charge is -2.43. The van der Waals surface area contributed by atoms with E-state index >= 15 is 0 Å². The van der Waals surface area contributed by atoms with Crippen LogP contribution in [0.2, 0.25) is 0 Å². The van der Waals surface area contributed by atoms with Gasteiger partial charge in [-0.25, -0.2) is 0 Å². The maximum Gasteiger partial charge on any atom is 0.323 e. The number of hydrogen-bond donors (Lipinski definition) is 2. The first-order chi connectivity index (χ1) is 18.5. The summed E-state index contributed by atoms with van der Waals surface area (Å²) >= 11 is 0. The Labute approximate surface area is 231 Å². The summed E-state index contributed by atoms with van der Waals surface area (Å²) in [5, 5.41) is 12.3. The number of benzene rings is 2. The molecule has 2 aliphatic heterocycles. The predicted molar refractivity (Wildman–Crippen MR) is 147 cm³/mol. The summed E-state index contributed by atoms with van der Waals surface area (Å²) in [6, 6.07) is 15.4. The molecule has 2 aromatic rings. The van der Waals surface area contributed by atoms with Crippen molar-refractivity contribution in [2.75, 3.05) is 13.1 Å². The maximum absolute atomic E-state index is 13.0. The van der Waals surface area contributed by atoms with Crippen molar-refractivity contribution in [2.45, 2.75) is 90.8 Å². The van der Waals surface area contributed by atoms with E-state index < -0.39 is 11.9 Å². The summed E-state index contributed by atoms with van der Waals surface area (Å²) < 4.78 is 18.9. The predicted octanol–water partition coefficient (Wildman–Crippen LogP) is 4.41. The number of ether oxygens (including phenoxy) is 3. The van der Waals surface area contributed by atoms with Crippen molar-refractivity contribution in [3.8, 4) is 0 Å². The molecule has 0 unspecified atom stereocenters. The van der Waals surface area contributed by atoms with E-state index in [1.807, 2.05) is 69.3 Å². The highest BCUT2D eigenvalue weighted by Crippen LogP contribution is 2.42. The minimum Gasteiger partial charge on any atom is -0.459 e. The van der Waals surface area contributed by atoms with Crippen LogP contribution in [0.15, 0.2) is 48.5 Å². The number of hydrogen-bond acceptors (Lipinski definition) is 7. The highest BCUT2D eigenvalue weighted by Gasteiger charge is 2.42. The fraction of sp³-hybridized carbons (Fsp3) is 0.548. The first kappa shape index (κ1) is 29.2. The van der Waals surface area contributed by atoms with Crippen LogP contribution >= 0.6 is 0 Å². The number of nitrogens with one attached hydrogen (secondary N) is 1. The molecule has 4 rings (SSSR count). The molecule has 5 atom stereocenters. The van der Waals surface area contributed by atoms with E-state index in [1.54, 1.807) is 0 Å². The molecule has 2 aromatic carbocycles. The third-order valence-electron chi connectivity index (χ3n) is 7.37. The zero-order valence-corrected chi connectivity index (χ0v) is 23.7. The Morgan fingerprint density at radius 3 is 2.28 bits per heavy atom. The van der Waals surface area contributed by atoms with Gasteiger partial charge in [0.15, 0.2) is 6.29 Å². The molecule has 2 N–H and O–H groups in total. The molecule has 2 heterocycles. The van der Waals surface area contributed by atoms with Gasteiger partial charge >= 0.3 is 5.97 Å². The van der Waals surface area contributed by atoms with Gasteiger partial charge in [-0.05, 0) is 56.8 Å². The largest absolute Gasteiger partial charge is 0.459 e. The molecule has 1 amide bonds. The van der Waals surface area contributed by atoms with Gasteiger partial charge in [-0.1, -0.05) is 55.5 Å². The molecule has 0 aliphatic carbocycles. The van der Waals surface area contributed by atoms with Crippen molar-refractivity contribution in [1.29, 1.82) is 0 Å². The summed E-state index contributed by atoms with van der Waals surface area (Å²) in [5.74, 6) is -0.237. The zero-order chi connectivity index (χ0) is 28.2. The average Bonchev–Trinajstić information content (AvgIpc) is 3.36. The Hall–Kier alpha value is -2.78. The second-order valence-corrected chi connectivity index (χ2v) is 11.7. The summed E-state index contributed by atoms with van der Waals surface area (Å²) in [6.45, 7) is 11.2. The minimum absolute atomic E-state index is 0.0123. The van der Waals surface area contributed by atoms with Crippen molar-refractivity contribution < 1.29 is 28.9 Å². The Morgan fingerprint density at radius 1 is 1.03 bits per heavy atom. The number of esters is 1. The number of amides is 1. The standard InChI is InChI=1S/C31H42N2O6/c1-20-27(18-33-16-6-7-26(33)29(36)39-31(3,4)5)37-30(25-14-8-22(9-15-25)17-32-21(2)35)38-28(20)24-12-10-23(19-34)11-13-24/h8-15,20,26-28,30,34H,6-7,16-19H2,1-5H3,(H,32,35)/t20-,26-,27+,28+,30+/m0/s1. The minimum atomic E-state index is -0.592. The van der Waals surface area contributed by atoms with Crippen molar-refractivity contribution in [2.24, 2.45) is 5.92 Å². The van der Waals surface area contributed by atoms with Crippen LogP contribution in [0.5, 0.6) is 0 Å². The number of nitrogens with zero attached hydrogens (tertiary/aromatic N) is 1. The van der Waals surface area contributed by atoms with E-state index in [0.29, 0.717) is 13.1 Å². The fourth-order valence-electron chi connectivity index (χ4n) is 5.26. The molecule has 0 aromatic heterocycles. The molecular weight excluding hydrogens is 496 g/mol. The maximum atomic E-state index is 13.0. The molecule has 39 heavy (non-hydrogen) atoms. The Balaban J connectivity index is 1.56. The first-order valence-electron chi connectivity index (χ1n) is 13.8. The second kappa shape index (κ2) is 12.6. The van der Waals surface area contributed by atoms with Gasteiger partial charge in [0.25, 0.3) is 0 Å². The molecular formula is C31H42N2O6. The summed E-state index contributed by atoms with van der Waals surface area (Å²) in [4.78, 5) is 26.5. The molecule has 0 radical (unpaired) electrons. The van der Waals surface area contributed by atoms with E-state index in [1.165, 1.54) is 6.92 Å². The molecule has 8 nitrogen and oxygen atoms in total. The van der Waals surface area contributed by atoms with Gasteiger partial charge in [0, 0.05) is 31.5 Å². The van der Waals surface area contributed by atoms with E-state index in [2.05, 4.69) is 17.1 Å². The van der Waals surface area contributed by atoms with Crippen molar-refractivity contribution in [3.63, 3.8) is 0 Å². The Kier molecular flexibility index (Phi) is 9.43. The fourth-order valence-corrected chi connectivity index (χ4v) is 5.26. The molecule has 8 heteroatoms. The quantitative estimate of drug-likeness (QED) is 0.481. The molecule has 212 valence electrons. The van der Waals surface area contributed by atoms with Crippen LogP contribution in [0.4, 0.5) is 0 Å². The summed E-state index contributed by atoms with van der Waals surface area (Å²) in [7, 11) is 0. The van der Waals surface area contributed by atoms with Crippen molar-refractivity contribution in [3.05, 3.63) is 70.8 Å². The van der Waals surface area contributed by atoms with Gasteiger partial charge in [0.2, 0.25) is 5.91 Å². The van der Waals surface area contributed by atoms with Crippen LogP contribution in [-0.4, -0.2) is 52.7 Å². The number of rotatable bonds is 8. The number of likely N-dealkylation sites (tertiary alicyclic amines) is 1. The molecule has 2 fully saturated rings. The van der Waals surface area contributed by atoms with E-state index in [4.69, 9.17) is 14.2 Å². The smallest absolute Gasteiger partial charge is 0.323 e. The van der Waals surface area contributed by atoms with Crippen LogP contribution in [0.25, 0.3) is 0 Å². The zero-order valence-electron chi connectivity index (χ0n) is 23.7. The lowest BCUT2D eigenvalue weighted by atomic mass is 9.90. The van der Waals surface area contributed by atoms with E-state index in [0.717, 1.165) is 41.6 Å². The Morgan fingerprint density at radius 2 is 1.67 bits per heavy atom. The van der Waals surface area contributed by atoms with Crippen LogP contribution in [0.3, 0.4) is 0 Å². The van der Waals surface area contributed by atoms with E-state index in [-0.39, 0.29) is 42.7 Å². The van der Waals surface area contributed by atoms with Gasteiger partial charge in [-0.2, -0.15) is 0 Å². The van der Waals surface area contributed by atoms with Gasteiger partial charge in [-0.15, -0.1) is 0 Å². The summed E-state index contributed by atoms with van der Waals surface area (Å²) in [5.41, 5.74) is 3.21. The van der Waals surface area contributed by atoms with Crippen LogP contribution < -0.4 is 5.32 Å². The van der Waals surface area contributed by atoms with Crippen molar-refractivity contribution >= 4 is 11.9 Å². The third kappa shape index (κ3) is 7.66. The topological polar surface area (TPSA) is 97.3 Å². The van der Waals surface area contributed by atoms with Crippen molar-refractivity contribution in [1.82, 2.24) is 10.2 Å². The Bertz CT molecular complexity index is 1110. The average molecular weight is 539 g/mol. The first-order valence-corrected chi connectivity index (χ1v) is 13.8. The molecule has 2 aliphatic rings. The van der Waals surface area contributed by atoms with Gasteiger partial charge in [-0.3, -0.25) is 14.5 Å². The van der Waals surface area contributed by atoms with Crippen LogP contribution in [0.1, 0.15) is 82.1 Å². The lowest BCUT2D eigenvalue weighted by molar-refractivity contribution is -0.276. The number of carbonyl (C=O) groups excluding carboxylic acids is 2. The normalized spacial score (nSPS) is 25.8. The van der Waals surface area contributed by atoms with Crippen LogP contribution in [0, 0.1) is 5.92 Å².